The van der Waals surface area contributed by atoms with Crippen LogP contribution in [0.15, 0.2) is 36.4 Å². The Bertz CT molecular complexity index is 796. The Balaban J connectivity index is 1.43. The van der Waals surface area contributed by atoms with E-state index in [0.29, 0.717) is 12.5 Å². The van der Waals surface area contributed by atoms with E-state index in [2.05, 4.69) is 48.2 Å². The number of hydrogen-bond acceptors (Lipinski definition) is 3. The van der Waals surface area contributed by atoms with Gasteiger partial charge < -0.3 is 10.5 Å². The van der Waals surface area contributed by atoms with Gasteiger partial charge >= 0.3 is 0 Å². The number of benzene rings is 2. The third kappa shape index (κ3) is 3.36. The summed E-state index contributed by atoms with van der Waals surface area (Å²) in [5.74, 6) is 0.174. The minimum absolute atomic E-state index is 0.0361. The lowest BCUT2D eigenvalue weighted by Gasteiger charge is -2.36. The van der Waals surface area contributed by atoms with Crippen LogP contribution in [0.4, 0.5) is 0 Å². The van der Waals surface area contributed by atoms with Crippen molar-refractivity contribution >= 4 is 16.7 Å². The third-order valence-corrected chi connectivity index (χ3v) is 6.25. The standard InChI is InChI=1S/C22H28N2O2/c1-15-6-7-16-4-2-3-5-18(16)20(15)14-24-11-8-17(9-12-24)21-19(22(23)25)10-13-26-21/h2-7,17,19,21H,8-14H2,1H3,(H2,23,25)/t19-,21+/m0/s1. The summed E-state index contributed by atoms with van der Waals surface area (Å²) in [5.41, 5.74) is 8.36. The van der Waals surface area contributed by atoms with E-state index in [-0.39, 0.29) is 17.9 Å². The molecule has 1 amide bonds. The first-order valence-electron chi connectivity index (χ1n) is 9.74. The smallest absolute Gasteiger partial charge is 0.223 e. The molecule has 0 aromatic heterocycles. The molecular weight excluding hydrogens is 324 g/mol. The highest BCUT2D eigenvalue weighted by molar-refractivity contribution is 5.86. The molecule has 2 atom stereocenters. The van der Waals surface area contributed by atoms with Gasteiger partial charge in [-0.15, -0.1) is 0 Å². The number of ether oxygens (including phenoxy) is 1. The molecule has 0 unspecified atom stereocenters. The summed E-state index contributed by atoms with van der Waals surface area (Å²) in [4.78, 5) is 14.2. The molecule has 4 heteroatoms. The highest BCUT2D eigenvalue weighted by Gasteiger charge is 2.39. The number of rotatable bonds is 4. The van der Waals surface area contributed by atoms with E-state index in [1.807, 2.05) is 0 Å². The molecule has 0 spiro atoms. The maximum Gasteiger partial charge on any atom is 0.223 e. The van der Waals surface area contributed by atoms with Crippen molar-refractivity contribution in [3.8, 4) is 0 Å². The molecule has 2 aromatic rings. The maximum absolute atomic E-state index is 11.7. The van der Waals surface area contributed by atoms with Gasteiger partial charge in [0.1, 0.15) is 0 Å². The molecular formula is C22H28N2O2. The van der Waals surface area contributed by atoms with Gasteiger partial charge in [-0.2, -0.15) is 0 Å². The van der Waals surface area contributed by atoms with Crippen LogP contribution < -0.4 is 5.73 Å². The zero-order valence-electron chi connectivity index (χ0n) is 15.5. The van der Waals surface area contributed by atoms with Crippen LogP contribution in [0.25, 0.3) is 10.8 Å². The van der Waals surface area contributed by atoms with Crippen molar-refractivity contribution in [1.82, 2.24) is 4.90 Å². The van der Waals surface area contributed by atoms with Gasteiger partial charge in [-0.3, -0.25) is 9.69 Å². The van der Waals surface area contributed by atoms with Crippen LogP contribution in [0.3, 0.4) is 0 Å². The van der Waals surface area contributed by atoms with E-state index in [0.717, 1.165) is 38.9 Å². The fourth-order valence-corrected chi connectivity index (χ4v) is 4.70. The Morgan fingerprint density at radius 3 is 2.69 bits per heavy atom. The Morgan fingerprint density at radius 2 is 1.92 bits per heavy atom. The molecule has 2 heterocycles. The lowest BCUT2D eigenvalue weighted by Crippen LogP contribution is -2.42. The quantitative estimate of drug-likeness (QED) is 0.919. The van der Waals surface area contributed by atoms with Crippen molar-refractivity contribution < 1.29 is 9.53 Å². The molecule has 2 aliphatic heterocycles. The van der Waals surface area contributed by atoms with Gasteiger partial charge in [-0.1, -0.05) is 36.4 Å². The molecule has 0 saturated carbocycles. The average molecular weight is 352 g/mol. The van der Waals surface area contributed by atoms with Gasteiger partial charge in [0.2, 0.25) is 5.91 Å². The van der Waals surface area contributed by atoms with Gasteiger partial charge in [-0.05, 0) is 67.1 Å². The predicted octanol–water partition coefficient (Wildman–Crippen LogP) is 3.25. The second-order valence-electron chi connectivity index (χ2n) is 7.83. The fraction of sp³-hybridized carbons (Fsp3) is 0.500. The zero-order valence-corrected chi connectivity index (χ0v) is 15.5. The van der Waals surface area contributed by atoms with Gasteiger partial charge in [-0.25, -0.2) is 0 Å². The first-order chi connectivity index (χ1) is 12.6. The molecule has 0 bridgehead atoms. The number of carbonyl (C=O) groups excluding carboxylic acids is 1. The molecule has 4 rings (SSSR count). The molecule has 138 valence electrons. The topological polar surface area (TPSA) is 55.6 Å². The number of piperidine rings is 1. The van der Waals surface area contributed by atoms with E-state index in [9.17, 15) is 4.79 Å². The van der Waals surface area contributed by atoms with E-state index in [4.69, 9.17) is 10.5 Å². The molecule has 0 aliphatic carbocycles. The number of carbonyl (C=O) groups is 1. The Labute approximate surface area is 155 Å². The SMILES string of the molecule is Cc1ccc2ccccc2c1CN1CCC([C@H]2OCC[C@@H]2C(N)=O)CC1. The predicted molar refractivity (Wildman–Crippen MR) is 104 cm³/mol. The number of hydrogen-bond donors (Lipinski definition) is 1. The first-order valence-corrected chi connectivity index (χ1v) is 9.74. The molecule has 2 aromatic carbocycles. The molecule has 2 N–H and O–H groups in total. The van der Waals surface area contributed by atoms with E-state index >= 15 is 0 Å². The maximum atomic E-state index is 11.7. The highest BCUT2D eigenvalue weighted by Crippen LogP contribution is 2.34. The molecule has 26 heavy (non-hydrogen) atoms. The monoisotopic (exact) mass is 352 g/mol. The summed E-state index contributed by atoms with van der Waals surface area (Å²) in [5, 5.41) is 2.68. The van der Waals surface area contributed by atoms with E-state index in [1.165, 1.54) is 21.9 Å². The molecule has 2 saturated heterocycles. The number of amides is 1. The molecule has 4 nitrogen and oxygen atoms in total. The largest absolute Gasteiger partial charge is 0.377 e. The summed E-state index contributed by atoms with van der Waals surface area (Å²) in [7, 11) is 0. The Hall–Kier alpha value is -1.91. The van der Waals surface area contributed by atoms with Crippen molar-refractivity contribution in [3.05, 3.63) is 47.5 Å². The van der Waals surface area contributed by atoms with Crippen molar-refractivity contribution in [2.75, 3.05) is 19.7 Å². The van der Waals surface area contributed by atoms with Crippen LogP contribution >= 0.6 is 0 Å². The van der Waals surface area contributed by atoms with Crippen LogP contribution in [0.5, 0.6) is 0 Å². The second kappa shape index (κ2) is 7.37. The van der Waals surface area contributed by atoms with Crippen molar-refractivity contribution in [2.24, 2.45) is 17.6 Å². The molecule has 2 fully saturated rings. The lowest BCUT2D eigenvalue weighted by molar-refractivity contribution is -0.124. The van der Waals surface area contributed by atoms with Crippen LogP contribution in [0.1, 0.15) is 30.4 Å². The zero-order chi connectivity index (χ0) is 18.1. The minimum Gasteiger partial charge on any atom is -0.377 e. The minimum atomic E-state index is -0.193. The van der Waals surface area contributed by atoms with E-state index < -0.39 is 0 Å². The Kier molecular flexibility index (Phi) is 4.96. The van der Waals surface area contributed by atoms with Crippen LogP contribution in [-0.2, 0) is 16.1 Å². The molecule has 0 radical (unpaired) electrons. The fourth-order valence-electron chi connectivity index (χ4n) is 4.70. The van der Waals surface area contributed by atoms with Crippen molar-refractivity contribution in [1.29, 1.82) is 0 Å². The summed E-state index contributed by atoms with van der Waals surface area (Å²) in [6.45, 7) is 5.98. The number of nitrogens with two attached hydrogens (primary N) is 1. The summed E-state index contributed by atoms with van der Waals surface area (Å²) in [6, 6.07) is 13.1. The van der Waals surface area contributed by atoms with Crippen LogP contribution in [0, 0.1) is 18.8 Å². The third-order valence-electron chi connectivity index (χ3n) is 6.25. The highest BCUT2D eigenvalue weighted by atomic mass is 16.5. The Morgan fingerprint density at radius 1 is 1.15 bits per heavy atom. The molecule has 2 aliphatic rings. The van der Waals surface area contributed by atoms with Crippen LogP contribution in [0.2, 0.25) is 0 Å². The number of fused-ring (bicyclic) bond motifs is 1. The van der Waals surface area contributed by atoms with Gasteiger partial charge in [0.25, 0.3) is 0 Å². The summed E-state index contributed by atoms with van der Waals surface area (Å²) in [6.07, 6.45) is 2.99. The number of nitrogens with zero attached hydrogens (tertiary/aromatic N) is 1. The van der Waals surface area contributed by atoms with Crippen LogP contribution in [-0.4, -0.2) is 36.6 Å². The lowest BCUT2D eigenvalue weighted by atomic mass is 9.83. The summed E-state index contributed by atoms with van der Waals surface area (Å²) < 4.78 is 5.88. The van der Waals surface area contributed by atoms with Gasteiger partial charge in [0, 0.05) is 13.2 Å². The number of aryl methyl sites for hydroxylation is 1. The first kappa shape index (κ1) is 17.5. The van der Waals surface area contributed by atoms with E-state index in [1.54, 1.807) is 0 Å². The van der Waals surface area contributed by atoms with Crippen molar-refractivity contribution in [2.45, 2.75) is 38.8 Å². The number of primary amides is 1. The van der Waals surface area contributed by atoms with Gasteiger partial charge in [0.05, 0.1) is 12.0 Å². The number of likely N-dealkylation sites (tertiary alicyclic amines) is 1. The normalized spacial score (nSPS) is 25.0. The second-order valence-corrected chi connectivity index (χ2v) is 7.83. The average Bonchev–Trinajstić information content (AvgIpc) is 3.15. The van der Waals surface area contributed by atoms with Gasteiger partial charge in [0.15, 0.2) is 0 Å². The summed E-state index contributed by atoms with van der Waals surface area (Å²) >= 11 is 0. The van der Waals surface area contributed by atoms with Crippen molar-refractivity contribution in [3.63, 3.8) is 0 Å².